The summed E-state index contributed by atoms with van der Waals surface area (Å²) in [5.41, 5.74) is 2.29. The second kappa shape index (κ2) is 5.63. The van der Waals surface area contributed by atoms with E-state index in [0.717, 1.165) is 5.52 Å². The van der Waals surface area contributed by atoms with E-state index >= 15 is 0 Å². The number of benzene rings is 1. The molecule has 0 aliphatic rings. The molecular weight excluding hydrogens is 311 g/mol. The Labute approximate surface area is 130 Å². The van der Waals surface area contributed by atoms with Gasteiger partial charge in [0, 0.05) is 24.3 Å². The van der Waals surface area contributed by atoms with Crippen LogP contribution >= 0.6 is 23.2 Å². The Kier molecular flexibility index (Phi) is 3.68. The summed E-state index contributed by atoms with van der Waals surface area (Å²) in [6.07, 6.45) is 4.54. The van der Waals surface area contributed by atoms with E-state index in [4.69, 9.17) is 23.2 Å². The number of carbonyl (C=O) groups excluding carboxylic acids is 1. The van der Waals surface area contributed by atoms with Crippen LogP contribution in [-0.2, 0) is 0 Å². The van der Waals surface area contributed by atoms with Crippen molar-refractivity contribution >= 4 is 45.8 Å². The molecule has 0 saturated carbocycles. The van der Waals surface area contributed by atoms with Gasteiger partial charge in [-0.1, -0.05) is 23.2 Å². The number of carbonyl (C=O) groups is 1. The zero-order valence-corrected chi connectivity index (χ0v) is 12.1. The molecule has 21 heavy (non-hydrogen) atoms. The van der Waals surface area contributed by atoms with E-state index in [9.17, 15) is 4.79 Å². The Balaban J connectivity index is 1.90. The Morgan fingerprint density at radius 2 is 1.76 bits per heavy atom. The van der Waals surface area contributed by atoms with Crippen LogP contribution in [0.15, 0.2) is 42.9 Å². The third kappa shape index (κ3) is 2.94. The fraction of sp³-hybridized carbons (Fsp3) is 0. The summed E-state index contributed by atoms with van der Waals surface area (Å²) < 4.78 is 0. The number of hydrogen-bond donors (Lipinski definition) is 1. The standard InChI is InChI=1S/C14H8Cl2N4O/c15-10-7-19-13(16)6-9(10)14(21)20-8-1-2-11-12(5-8)18-4-3-17-11/h1-7H,(H,20,21). The molecule has 104 valence electrons. The highest BCUT2D eigenvalue weighted by Crippen LogP contribution is 2.21. The normalized spacial score (nSPS) is 10.6. The molecule has 1 amide bonds. The highest BCUT2D eigenvalue weighted by molar-refractivity contribution is 6.35. The van der Waals surface area contributed by atoms with Gasteiger partial charge >= 0.3 is 0 Å². The average Bonchev–Trinajstić information content (AvgIpc) is 2.49. The number of nitrogens with one attached hydrogen (secondary N) is 1. The van der Waals surface area contributed by atoms with Crippen molar-refractivity contribution in [2.24, 2.45) is 0 Å². The third-order valence-electron chi connectivity index (χ3n) is 2.79. The number of amides is 1. The Morgan fingerprint density at radius 3 is 2.57 bits per heavy atom. The monoisotopic (exact) mass is 318 g/mol. The van der Waals surface area contributed by atoms with Gasteiger partial charge in [-0.15, -0.1) is 0 Å². The van der Waals surface area contributed by atoms with Crippen LogP contribution in [0.4, 0.5) is 5.69 Å². The number of rotatable bonds is 2. The molecule has 1 N–H and O–H groups in total. The van der Waals surface area contributed by atoms with Gasteiger partial charge in [-0.2, -0.15) is 0 Å². The summed E-state index contributed by atoms with van der Waals surface area (Å²) in [5.74, 6) is -0.368. The van der Waals surface area contributed by atoms with Crippen molar-refractivity contribution in [1.82, 2.24) is 15.0 Å². The number of anilines is 1. The van der Waals surface area contributed by atoms with Gasteiger partial charge in [0.05, 0.1) is 21.6 Å². The zero-order chi connectivity index (χ0) is 14.8. The smallest absolute Gasteiger partial charge is 0.257 e. The molecule has 0 bridgehead atoms. The van der Waals surface area contributed by atoms with E-state index < -0.39 is 0 Å². The van der Waals surface area contributed by atoms with Crippen molar-refractivity contribution in [3.05, 3.63) is 58.6 Å². The summed E-state index contributed by atoms with van der Waals surface area (Å²) in [4.78, 5) is 24.4. The lowest BCUT2D eigenvalue weighted by atomic mass is 10.2. The number of hydrogen-bond acceptors (Lipinski definition) is 4. The lowest BCUT2D eigenvalue weighted by Crippen LogP contribution is -2.12. The van der Waals surface area contributed by atoms with Gasteiger partial charge < -0.3 is 5.32 Å². The Morgan fingerprint density at radius 1 is 1.00 bits per heavy atom. The maximum absolute atomic E-state index is 12.2. The molecule has 7 heteroatoms. The second-order valence-corrected chi connectivity index (χ2v) is 5.00. The largest absolute Gasteiger partial charge is 0.322 e. The molecule has 2 heterocycles. The summed E-state index contributed by atoms with van der Waals surface area (Å²) in [6, 6.07) is 6.67. The minimum absolute atomic E-state index is 0.203. The van der Waals surface area contributed by atoms with Crippen molar-refractivity contribution in [3.8, 4) is 0 Å². The van der Waals surface area contributed by atoms with Gasteiger partial charge in [0.1, 0.15) is 5.15 Å². The van der Waals surface area contributed by atoms with E-state index in [0.29, 0.717) is 11.2 Å². The minimum atomic E-state index is -0.368. The van der Waals surface area contributed by atoms with Gasteiger partial charge in [-0.3, -0.25) is 14.8 Å². The number of halogens is 2. The second-order valence-electron chi connectivity index (χ2n) is 4.20. The fourth-order valence-electron chi connectivity index (χ4n) is 1.83. The van der Waals surface area contributed by atoms with Crippen LogP contribution in [0.5, 0.6) is 0 Å². The molecule has 0 spiro atoms. The molecule has 0 unspecified atom stereocenters. The molecule has 2 aromatic heterocycles. The summed E-state index contributed by atoms with van der Waals surface area (Å²) in [7, 11) is 0. The first-order valence-electron chi connectivity index (χ1n) is 5.96. The van der Waals surface area contributed by atoms with E-state index in [-0.39, 0.29) is 21.6 Å². The van der Waals surface area contributed by atoms with E-state index in [1.54, 1.807) is 30.6 Å². The molecular formula is C14H8Cl2N4O. The molecule has 0 saturated heterocycles. The predicted molar refractivity (Wildman–Crippen MR) is 81.7 cm³/mol. The van der Waals surface area contributed by atoms with Crippen molar-refractivity contribution in [1.29, 1.82) is 0 Å². The van der Waals surface area contributed by atoms with Gasteiger partial charge in [0.25, 0.3) is 5.91 Å². The van der Waals surface area contributed by atoms with Gasteiger partial charge in [0.2, 0.25) is 0 Å². The SMILES string of the molecule is O=C(Nc1ccc2nccnc2c1)c1cc(Cl)ncc1Cl. The maximum Gasteiger partial charge on any atom is 0.257 e. The number of pyridine rings is 1. The van der Waals surface area contributed by atoms with E-state index in [1.165, 1.54) is 12.3 Å². The molecule has 0 atom stereocenters. The summed E-state index contributed by atoms with van der Waals surface area (Å²) >= 11 is 11.7. The molecule has 0 aliphatic carbocycles. The quantitative estimate of drug-likeness (QED) is 0.733. The van der Waals surface area contributed by atoms with Crippen LogP contribution in [-0.4, -0.2) is 20.9 Å². The predicted octanol–water partition coefficient (Wildman–Crippen LogP) is 3.58. The van der Waals surface area contributed by atoms with E-state index in [2.05, 4.69) is 20.3 Å². The van der Waals surface area contributed by atoms with Gasteiger partial charge in [0.15, 0.2) is 0 Å². The number of nitrogens with zero attached hydrogens (tertiary/aromatic N) is 3. The van der Waals surface area contributed by atoms with Gasteiger partial charge in [-0.25, -0.2) is 4.98 Å². The first-order chi connectivity index (χ1) is 10.1. The van der Waals surface area contributed by atoms with Crippen LogP contribution in [0.3, 0.4) is 0 Å². The summed E-state index contributed by atoms with van der Waals surface area (Å²) in [6.45, 7) is 0. The summed E-state index contributed by atoms with van der Waals surface area (Å²) in [5, 5.41) is 3.18. The van der Waals surface area contributed by atoms with Crippen LogP contribution < -0.4 is 5.32 Å². The molecule has 3 rings (SSSR count). The molecule has 0 radical (unpaired) electrons. The molecule has 0 fully saturated rings. The highest BCUT2D eigenvalue weighted by Gasteiger charge is 2.12. The molecule has 1 aromatic carbocycles. The minimum Gasteiger partial charge on any atom is -0.322 e. The van der Waals surface area contributed by atoms with Gasteiger partial charge in [-0.05, 0) is 24.3 Å². The van der Waals surface area contributed by atoms with Crippen LogP contribution in [0, 0.1) is 0 Å². The number of fused-ring (bicyclic) bond motifs is 1. The lowest BCUT2D eigenvalue weighted by molar-refractivity contribution is 0.102. The first-order valence-corrected chi connectivity index (χ1v) is 6.72. The van der Waals surface area contributed by atoms with Crippen LogP contribution in [0.1, 0.15) is 10.4 Å². The van der Waals surface area contributed by atoms with Crippen molar-refractivity contribution < 1.29 is 4.79 Å². The average molecular weight is 319 g/mol. The maximum atomic E-state index is 12.2. The Bertz CT molecular complexity index is 838. The number of aromatic nitrogens is 3. The van der Waals surface area contributed by atoms with Crippen molar-refractivity contribution in [2.75, 3.05) is 5.32 Å². The Hall–Kier alpha value is -2.24. The molecule has 0 aliphatic heterocycles. The van der Waals surface area contributed by atoms with Crippen LogP contribution in [0.2, 0.25) is 10.2 Å². The zero-order valence-electron chi connectivity index (χ0n) is 10.5. The highest BCUT2D eigenvalue weighted by atomic mass is 35.5. The van der Waals surface area contributed by atoms with Crippen LogP contribution in [0.25, 0.3) is 11.0 Å². The third-order valence-corrected chi connectivity index (χ3v) is 3.30. The molecule has 5 nitrogen and oxygen atoms in total. The molecule has 3 aromatic rings. The first kappa shape index (κ1) is 13.7. The van der Waals surface area contributed by atoms with Crippen molar-refractivity contribution in [3.63, 3.8) is 0 Å². The lowest BCUT2D eigenvalue weighted by Gasteiger charge is -2.07. The van der Waals surface area contributed by atoms with Crippen molar-refractivity contribution in [2.45, 2.75) is 0 Å². The fourth-order valence-corrected chi connectivity index (χ4v) is 2.17. The van der Waals surface area contributed by atoms with E-state index in [1.807, 2.05) is 0 Å². The topological polar surface area (TPSA) is 67.8 Å².